The van der Waals surface area contributed by atoms with Gasteiger partial charge in [0.15, 0.2) is 0 Å². The summed E-state index contributed by atoms with van der Waals surface area (Å²) in [5.41, 5.74) is 0.505. The maximum atomic E-state index is 10.3. The minimum absolute atomic E-state index is 0.128. The molecular formula is C7H4ClNO2S. The van der Waals surface area contributed by atoms with Gasteiger partial charge in [-0.15, -0.1) is 11.3 Å². The van der Waals surface area contributed by atoms with Crippen molar-refractivity contribution in [2.24, 2.45) is 0 Å². The van der Waals surface area contributed by atoms with E-state index in [1.807, 2.05) is 6.07 Å². The number of carboxylic acids is 1. The first-order chi connectivity index (χ1) is 5.63. The van der Waals surface area contributed by atoms with Crippen molar-refractivity contribution >= 4 is 28.9 Å². The Morgan fingerprint density at radius 1 is 1.83 bits per heavy atom. The van der Waals surface area contributed by atoms with Crippen LogP contribution in [0, 0.1) is 11.3 Å². The summed E-state index contributed by atoms with van der Waals surface area (Å²) < 4.78 is 0.383. The Morgan fingerprint density at radius 2 is 2.50 bits per heavy atom. The Balaban J connectivity index is 2.94. The van der Waals surface area contributed by atoms with E-state index >= 15 is 0 Å². The third-order valence-electron chi connectivity index (χ3n) is 1.21. The third-order valence-corrected chi connectivity index (χ3v) is 2.55. The lowest BCUT2D eigenvalue weighted by molar-refractivity contribution is -0.136. The predicted molar refractivity (Wildman–Crippen MR) is 45.4 cm³/mol. The smallest absolute Gasteiger partial charge is 0.307 e. The molecule has 3 nitrogen and oxygen atoms in total. The summed E-state index contributed by atoms with van der Waals surface area (Å²) >= 11 is 6.77. The van der Waals surface area contributed by atoms with E-state index in [9.17, 15) is 4.79 Å². The molecule has 0 saturated heterocycles. The first-order valence-electron chi connectivity index (χ1n) is 3.03. The molecule has 0 radical (unpaired) electrons. The number of hydrogen-bond acceptors (Lipinski definition) is 3. The maximum absolute atomic E-state index is 10.3. The highest BCUT2D eigenvalue weighted by Crippen LogP contribution is 2.27. The van der Waals surface area contributed by atoms with Crippen LogP contribution in [0.1, 0.15) is 10.4 Å². The summed E-state index contributed by atoms with van der Waals surface area (Å²) in [7, 11) is 0. The van der Waals surface area contributed by atoms with Crippen molar-refractivity contribution in [3.63, 3.8) is 0 Å². The maximum Gasteiger partial charge on any atom is 0.307 e. The van der Waals surface area contributed by atoms with Gasteiger partial charge in [0.05, 0.1) is 10.8 Å². The molecule has 0 fully saturated rings. The third kappa shape index (κ3) is 1.97. The van der Waals surface area contributed by atoms with Gasteiger partial charge in [-0.25, -0.2) is 0 Å². The van der Waals surface area contributed by atoms with Crippen molar-refractivity contribution in [3.05, 3.63) is 20.8 Å². The molecule has 0 aromatic carbocycles. The number of nitrogens with zero attached hydrogens (tertiary/aromatic N) is 1. The van der Waals surface area contributed by atoms with Crippen molar-refractivity contribution < 1.29 is 9.90 Å². The second-order valence-corrected chi connectivity index (χ2v) is 3.75. The molecule has 0 spiro atoms. The topological polar surface area (TPSA) is 61.1 Å². The summed E-state index contributed by atoms with van der Waals surface area (Å²) in [4.78, 5) is 10.7. The second-order valence-electron chi connectivity index (χ2n) is 2.09. The van der Waals surface area contributed by atoms with Gasteiger partial charge in [0, 0.05) is 0 Å². The zero-order valence-corrected chi connectivity index (χ0v) is 7.45. The fourth-order valence-corrected chi connectivity index (χ4v) is 1.82. The summed E-state index contributed by atoms with van der Waals surface area (Å²) in [5.74, 6) is -0.945. The number of carboxylic acid groups (broad SMARTS) is 1. The number of carbonyl (C=O) groups is 1. The standard InChI is InChI=1S/C7H4ClNO2S/c8-7-4(2-6(10)11)1-5(3-9)12-7/h1H,2H2,(H,10,11). The van der Waals surface area contributed by atoms with Crippen molar-refractivity contribution in [2.75, 3.05) is 0 Å². The van der Waals surface area contributed by atoms with Gasteiger partial charge in [0.1, 0.15) is 10.9 Å². The fourth-order valence-electron chi connectivity index (χ4n) is 0.745. The van der Waals surface area contributed by atoms with E-state index in [0.717, 1.165) is 11.3 Å². The Kier molecular flexibility index (Phi) is 2.69. The molecule has 0 unspecified atom stereocenters. The van der Waals surface area contributed by atoms with Gasteiger partial charge in [-0.05, 0) is 11.6 Å². The van der Waals surface area contributed by atoms with Crippen LogP contribution in [0.5, 0.6) is 0 Å². The minimum atomic E-state index is -0.945. The molecule has 0 aliphatic rings. The summed E-state index contributed by atoms with van der Waals surface area (Å²) in [6.45, 7) is 0. The summed E-state index contributed by atoms with van der Waals surface area (Å²) in [6, 6.07) is 3.40. The first kappa shape index (κ1) is 9.04. The van der Waals surface area contributed by atoms with Crippen LogP contribution in [0.15, 0.2) is 6.07 Å². The summed E-state index contributed by atoms with van der Waals surface area (Å²) in [6.07, 6.45) is -0.128. The van der Waals surface area contributed by atoms with E-state index in [4.69, 9.17) is 22.0 Å². The molecule has 0 aliphatic carbocycles. The van der Waals surface area contributed by atoms with E-state index in [1.165, 1.54) is 6.07 Å². The van der Waals surface area contributed by atoms with Gasteiger partial charge in [-0.1, -0.05) is 11.6 Å². The highest BCUT2D eigenvalue weighted by atomic mass is 35.5. The Bertz CT molecular complexity index is 353. The van der Waals surface area contributed by atoms with Crippen LogP contribution in [0.25, 0.3) is 0 Å². The average Bonchev–Trinajstić information content (AvgIpc) is 2.31. The molecule has 0 aliphatic heterocycles. The molecule has 1 aromatic rings. The molecule has 0 amide bonds. The average molecular weight is 202 g/mol. The number of nitriles is 1. The number of thiophene rings is 1. The van der Waals surface area contributed by atoms with Crippen LogP contribution in [0.4, 0.5) is 0 Å². The lowest BCUT2D eigenvalue weighted by atomic mass is 10.2. The molecule has 5 heteroatoms. The number of aliphatic carboxylic acids is 1. The van der Waals surface area contributed by atoms with Crippen LogP contribution in [-0.2, 0) is 11.2 Å². The molecule has 0 atom stereocenters. The first-order valence-corrected chi connectivity index (χ1v) is 4.23. The van der Waals surface area contributed by atoms with Gasteiger partial charge in [0.25, 0.3) is 0 Å². The number of rotatable bonds is 2. The van der Waals surface area contributed by atoms with Crippen molar-refractivity contribution in [3.8, 4) is 6.07 Å². The monoisotopic (exact) mass is 201 g/mol. The minimum Gasteiger partial charge on any atom is -0.481 e. The zero-order valence-electron chi connectivity index (χ0n) is 5.87. The van der Waals surface area contributed by atoms with E-state index in [0.29, 0.717) is 14.8 Å². The summed E-state index contributed by atoms with van der Waals surface area (Å²) in [5, 5.41) is 16.9. The van der Waals surface area contributed by atoms with E-state index in [2.05, 4.69) is 0 Å². The highest BCUT2D eigenvalue weighted by Gasteiger charge is 2.09. The van der Waals surface area contributed by atoms with Gasteiger partial charge in [0.2, 0.25) is 0 Å². The second kappa shape index (κ2) is 3.57. The molecule has 1 aromatic heterocycles. The number of hydrogen-bond donors (Lipinski definition) is 1. The lowest BCUT2D eigenvalue weighted by Gasteiger charge is -1.89. The molecule has 0 bridgehead atoms. The SMILES string of the molecule is N#Cc1cc(CC(=O)O)c(Cl)s1. The van der Waals surface area contributed by atoms with Crippen molar-refractivity contribution in [1.29, 1.82) is 5.26 Å². The molecule has 1 heterocycles. The molecular weight excluding hydrogens is 198 g/mol. The Hall–Kier alpha value is -1.05. The van der Waals surface area contributed by atoms with Crippen LogP contribution in [0.2, 0.25) is 4.34 Å². The van der Waals surface area contributed by atoms with E-state index in [1.54, 1.807) is 0 Å². The van der Waals surface area contributed by atoms with Crippen LogP contribution in [0.3, 0.4) is 0 Å². The normalized spacial score (nSPS) is 9.33. The zero-order chi connectivity index (χ0) is 9.14. The number of halogens is 1. The van der Waals surface area contributed by atoms with Crippen LogP contribution >= 0.6 is 22.9 Å². The van der Waals surface area contributed by atoms with Gasteiger partial charge in [-0.2, -0.15) is 5.26 Å². The fraction of sp³-hybridized carbons (Fsp3) is 0.143. The van der Waals surface area contributed by atoms with Crippen LogP contribution in [-0.4, -0.2) is 11.1 Å². The lowest BCUT2D eigenvalue weighted by Crippen LogP contribution is -1.98. The molecule has 1 N–H and O–H groups in total. The largest absolute Gasteiger partial charge is 0.481 e. The molecule has 62 valence electrons. The van der Waals surface area contributed by atoms with Gasteiger partial charge >= 0.3 is 5.97 Å². The quantitative estimate of drug-likeness (QED) is 0.795. The Morgan fingerprint density at radius 3 is 2.92 bits per heavy atom. The van der Waals surface area contributed by atoms with Crippen molar-refractivity contribution in [1.82, 2.24) is 0 Å². The van der Waals surface area contributed by atoms with Gasteiger partial charge < -0.3 is 5.11 Å². The molecule has 1 rings (SSSR count). The van der Waals surface area contributed by atoms with E-state index in [-0.39, 0.29) is 6.42 Å². The van der Waals surface area contributed by atoms with Crippen molar-refractivity contribution in [2.45, 2.75) is 6.42 Å². The van der Waals surface area contributed by atoms with Gasteiger partial charge in [-0.3, -0.25) is 4.79 Å². The predicted octanol–water partition coefficient (Wildman–Crippen LogP) is 1.90. The van der Waals surface area contributed by atoms with Crippen LogP contribution < -0.4 is 0 Å². The molecule has 0 saturated carbocycles. The molecule has 12 heavy (non-hydrogen) atoms. The Labute approximate surface area is 77.8 Å². The van der Waals surface area contributed by atoms with E-state index < -0.39 is 5.97 Å². The highest BCUT2D eigenvalue weighted by molar-refractivity contribution is 7.16.